The predicted molar refractivity (Wildman–Crippen MR) is 109 cm³/mol. The van der Waals surface area contributed by atoms with Crippen LogP contribution < -0.4 is 16.3 Å². The Labute approximate surface area is 161 Å². The number of hydrogen-bond acceptors (Lipinski definition) is 5. The van der Waals surface area contributed by atoms with Gasteiger partial charge in [0.1, 0.15) is 0 Å². The molecule has 0 aliphatic carbocycles. The molecule has 0 bridgehead atoms. The summed E-state index contributed by atoms with van der Waals surface area (Å²) in [6.07, 6.45) is 0. The second-order valence-corrected chi connectivity index (χ2v) is 8.32. The van der Waals surface area contributed by atoms with Crippen molar-refractivity contribution in [3.05, 3.63) is 54.1 Å². The molecule has 142 valence electrons. The van der Waals surface area contributed by atoms with Gasteiger partial charge in [-0.25, -0.2) is 0 Å². The quantitative estimate of drug-likeness (QED) is 0.626. The van der Waals surface area contributed by atoms with Crippen LogP contribution in [0.15, 0.2) is 48.5 Å². The average molecular weight is 366 g/mol. The lowest BCUT2D eigenvalue weighted by atomic mass is 9.79. The average Bonchev–Trinajstić information content (AvgIpc) is 2.80. The summed E-state index contributed by atoms with van der Waals surface area (Å²) in [7, 11) is -0.362. The smallest absolute Gasteiger partial charge is 0.399 e. The van der Waals surface area contributed by atoms with Gasteiger partial charge in [0.05, 0.1) is 35.8 Å². The van der Waals surface area contributed by atoms with E-state index in [9.17, 15) is 0 Å². The summed E-state index contributed by atoms with van der Waals surface area (Å²) in [6, 6.07) is 16.5. The Morgan fingerprint density at radius 3 is 2.04 bits per heavy atom. The van der Waals surface area contributed by atoms with Gasteiger partial charge in [0.25, 0.3) is 0 Å². The highest BCUT2D eigenvalue weighted by Gasteiger charge is 2.51. The van der Waals surface area contributed by atoms with Crippen LogP contribution in [0.5, 0.6) is 0 Å². The highest BCUT2D eigenvalue weighted by molar-refractivity contribution is 6.62. The molecule has 27 heavy (non-hydrogen) atoms. The van der Waals surface area contributed by atoms with Crippen LogP contribution in [0.1, 0.15) is 39.2 Å². The van der Waals surface area contributed by atoms with Crippen molar-refractivity contribution in [3.8, 4) is 0 Å². The molecule has 2 aliphatic heterocycles. The van der Waals surface area contributed by atoms with Gasteiger partial charge in [-0.1, -0.05) is 24.3 Å². The van der Waals surface area contributed by atoms with Crippen molar-refractivity contribution < 1.29 is 14.0 Å². The fourth-order valence-corrected chi connectivity index (χ4v) is 3.19. The number of hydrazine groups is 1. The van der Waals surface area contributed by atoms with E-state index < -0.39 is 0 Å². The zero-order chi connectivity index (χ0) is 19.1. The highest BCUT2D eigenvalue weighted by Crippen LogP contribution is 2.36. The van der Waals surface area contributed by atoms with Gasteiger partial charge in [-0.05, 0) is 63.0 Å². The molecule has 0 amide bonds. The fraction of sp³-hybridized carbons (Fsp3) is 0.429. The minimum atomic E-state index is -0.362. The van der Waals surface area contributed by atoms with Crippen LogP contribution >= 0.6 is 0 Å². The molecule has 0 aromatic heterocycles. The van der Waals surface area contributed by atoms with E-state index in [4.69, 9.17) is 14.0 Å². The third-order valence-corrected chi connectivity index (χ3v) is 5.76. The largest absolute Gasteiger partial charge is 0.494 e. The molecule has 0 radical (unpaired) electrons. The first-order valence-electron chi connectivity index (χ1n) is 9.49. The summed E-state index contributed by atoms with van der Waals surface area (Å²) >= 11 is 0. The van der Waals surface area contributed by atoms with Crippen molar-refractivity contribution in [1.82, 2.24) is 0 Å². The molecule has 0 atom stereocenters. The summed E-state index contributed by atoms with van der Waals surface area (Å²) < 4.78 is 17.6. The zero-order valence-corrected chi connectivity index (χ0v) is 16.4. The first-order valence-corrected chi connectivity index (χ1v) is 9.49. The van der Waals surface area contributed by atoms with Gasteiger partial charge in [-0.3, -0.25) is 0 Å². The number of ether oxygens (including phenoxy) is 1. The first kappa shape index (κ1) is 18.4. The van der Waals surface area contributed by atoms with E-state index >= 15 is 0 Å². The van der Waals surface area contributed by atoms with Crippen LogP contribution in [0.25, 0.3) is 0 Å². The van der Waals surface area contributed by atoms with E-state index in [1.165, 1.54) is 5.56 Å². The molecule has 5 nitrogen and oxygen atoms in total. The third kappa shape index (κ3) is 3.70. The van der Waals surface area contributed by atoms with E-state index in [0.29, 0.717) is 5.92 Å². The molecule has 2 saturated heterocycles. The fourth-order valence-electron chi connectivity index (χ4n) is 3.19. The number of anilines is 2. The van der Waals surface area contributed by atoms with Crippen LogP contribution in [0.4, 0.5) is 11.4 Å². The lowest BCUT2D eigenvalue weighted by Gasteiger charge is -2.32. The summed E-state index contributed by atoms with van der Waals surface area (Å²) in [5, 5.41) is 0. The van der Waals surface area contributed by atoms with Crippen molar-refractivity contribution in [2.45, 2.75) is 44.8 Å². The van der Waals surface area contributed by atoms with Crippen molar-refractivity contribution >= 4 is 24.0 Å². The van der Waals surface area contributed by atoms with E-state index in [1.54, 1.807) is 0 Å². The second-order valence-electron chi connectivity index (χ2n) is 8.32. The summed E-state index contributed by atoms with van der Waals surface area (Å²) in [5.41, 5.74) is 10.2. The van der Waals surface area contributed by atoms with Gasteiger partial charge in [0.2, 0.25) is 0 Å². The molecular weight excluding hydrogens is 339 g/mol. The molecule has 0 spiro atoms. The van der Waals surface area contributed by atoms with Gasteiger partial charge in [-0.2, -0.15) is 0 Å². The lowest BCUT2D eigenvalue weighted by Crippen LogP contribution is -2.41. The van der Waals surface area contributed by atoms with E-state index in [-0.39, 0.29) is 18.3 Å². The molecule has 0 saturated carbocycles. The molecule has 2 aliphatic rings. The van der Waals surface area contributed by atoms with Gasteiger partial charge < -0.3 is 24.9 Å². The highest BCUT2D eigenvalue weighted by atomic mass is 16.7. The minimum absolute atomic E-state index is 0.342. The standard InChI is InChI=1S/C21H27BN2O3/c1-20(2)21(3,4)27-22(26-20)17-8-6-10-19(12-17)24-23-18-9-5-7-15(11-18)16-13-25-14-16/h5-12,16,23-24H,13-14H2,1-4H3. The van der Waals surface area contributed by atoms with Gasteiger partial charge in [-0.15, -0.1) is 0 Å². The Morgan fingerprint density at radius 2 is 1.44 bits per heavy atom. The lowest BCUT2D eigenvalue weighted by molar-refractivity contribution is 0.00578. The van der Waals surface area contributed by atoms with Crippen LogP contribution in [-0.4, -0.2) is 31.5 Å². The number of rotatable bonds is 5. The Morgan fingerprint density at radius 1 is 0.852 bits per heavy atom. The molecule has 4 rings (SSSR count). The minimum Gasteiger partial charge on any atom is -0.399 e. The van der Waals surface area contributed by atoms with Gasteiger partial charge >= 0.3 is 7.12 Å². The molecule has 2 N–H and O–H groups in total. The summed E-state index contributed by atoms with van der Waals surface area (Å²) in [5.74, 6) is 0.512. The molecule has 2 heterocycles. The van der Waals surface area contributed by atoms with Crippen molar-refractivity contribution in [3.63, 3.8) is 0 Å². The molecule has 0 unspecified atom stereocenters. The molecule has 2 aromatic rings. The van der Waals surface area contributed by atoms with E-state index in [0.717, 1.165) is 30.1 Å². The van der Waals surface area contributed by atoms with Crippen LogP contribution in [0, 0.1) is 0 Å². The summed E-state index contributed by atoms with van der Waals surface area (Å²) in [6.45, 7) is 9.89. The van der Waals surface area contributed by atoms with Crippen molar-refractivity contribution in [2.75, 3.05) is 24.1 Å². The predicted octanol–water partition coefficient (Wildman–Crippen LogP) is 3.54. The van der Waals surface area contributed by atoms with Gasteiger partial charge in [0, 0.05) is 5.92 Å². The number of nitrogens with one attached hydrogen (secondary N) is 2. The van der Waals surface area contributed by atoms with Crippen molar-refractivity contribution in [2.24, 2.45) is 0 Å². The zero-order valence-electron chi connectivity index (χ0n) is 16.4. The Kier molecular flexibility index (Phi) is 4.66. The first-order chi connectivity index (χ1) is 12.8. The maximum absolute atomic E-state index is 6.15. The molecule has 2 aromatic carbocycles. The van der Waals surface area contributed by atoms with E-state index in [1.807, 2.05) is 24.3 Å². The maximum atomic E-state index is 6.15. The van der Waals surface area contributed by atoms with Crippen molar-refractivity contribution in [1.29, 1.82) is 0 Å². The normalized spacial score (nSPS) is 21.0. The van der Waals surface area contributed by atoms with Gasteiger partial charge in [0.15, 0.2) is 0 Å². The summed E-state index contributed by atoms with van der Waals surface area (Å²) in [4.78, 5) is 0. The Balaban J connectivity index is 1.43. The monoisotopic (exact) mass is 366 g/mol. The van der Waals surface area contributed by atoms with E-state index in [2.05, 4.69) is 62.8 Å². The SMILES string of the molecule is CC1(C)OB(c2cccc(NNc3cccc(C4COC4)c3)c2)OC1(C)C. The third-order valence-electron chi connectivity index (χ3n) is 5.76. The second kappa shape index (κ2) is 6.86. The topological polar surface area (TPSA) is 51.8 Å². The van der Waals surface area contributed by atoms with Crippen LogP contribution in [0.3, 0.4) is 0 Å². The Hall–Kier alpha value is -2.02. The maximum Gasteiger partial charge on any atom is 0.494 e. The van der Waals surface area contributed by atoms with Crippen LogP contribution in [-0.2, 0) is 14.0 Å². The molecule has 6 heteroatoms. The molecular formula is C21H27BN2O3. The number of hydrogen-bond donors (Lipinski definition) is 2. The van der Waals surface area contributed by atoms with Crippen LogP contribution in [0.2, 0.25) is 0 Å². The molecule has 2 fully saturated rings. The number of benzene rings is 2. The Bertz CT molecular complexity index is 805.